The van der Waals surface area contributed by atoms with Crippen LogP contribution in [-0.2, 0) is 16.8 Å². The van der Waals surface area contributed by atoms with Crippen molar-refractivity contribution in [2.24, 2.45) is 0 Å². The van der Waals surface area contributed by atoms with Gasteiger partial charge in [-0.15, -0.1) is 0 Å². The molecule has 6 heteroatoms. The Balaban J connectivity index is 1.42. The number of fused-ring (bicyclic) bond motifs is 1. The van der Waals surface area contributed by atoms with E-state index in [1.165, 1.54) is 12.1 Å². The van der Waals surface area contributed by atoms with Crippen molar-refractivity contribution in [3.05, 3.63) is 65.0 Å². The lowest BCUT2D eigenvalue weighted by Gasteiger charge is -2.42. The summed E-state index contributed by atoms with van der Waals surface area (Å²) in [5, 5.41) is 24.8. The molecule has 0 spiro atoms. The Kier molecular flexibility index (Phi) is 5.42. The maximum Gasteiger partial charge on any atom is 0.224 e. The van der Waals surface area contributed by atoms with Crippen LogP contribution in [0.2, 0.25) is 0 Å². The number of hydrogen-bond donors (Lipinski definition) is 3. The molecule has 2 aliphatic heterocycles. The number of aryl methyl sites for hydroxylation is 1. The number of nitrogens with one attached hydrogen (secondary N) is 1. The molecule has 2 unspecified atom stereocenters. The lowest BCUT2D eigenvalue weighted by molar-refractivity contribution is -0.116. The van der Waals surface area contributed by atoms with E-state index >= 15 is 0 Å². The molecule has 0 bridgehead atoms. The predicted molar refractivity (Wildman–Crippen MR) is 109 cm³/mol. The zero-order valence-corrected chi connectivity index (χ0v) is 16.6. The van der Waals surface area contributed by atoms with Crippen LogP contribution in [0.1, 0.15) is 49.0 Å². The van der Waals surface area contributed by atoms with E-state index < -0.39 is 11.7 Å². The van der Waals surface area contributed by atoms with Crippen molar-refractivity contribution in [2.45, 2.75) is 50.4 Å². The van der Waals surface area contributed by atoms with Gasteiger partial charge in [0, 0.05) is 31.2 Å². The quantitative estimate of drug-likeness (QED) is 0.740. The molecule has 4 rings (SSSR count). The second-order valence-electron chi connectivity index (χ2n) is 8.22. The Labute approximate surface area is 170 Å². The van der Waals surface area contributed by atoms with Crippen molar-refractivity contribution in [3.8, 4) is 0 Å². The molecule has 0 aromatic heterocycles. The van der Waals surface area contributed by atoms with E-state index in [9.17, 15) is 19.4 Å². The first-order valence-corrected chi connectivity index (χ1v) is 10.2. The van der Waals surface area contributed by atoms with E-state index in [0.29, 0.717) is 38.8 Å². The summed E-state index contributed by atoms with van der Waals surface area (Å²) >= 11 is 0. The SMILES string of the molecule is CC(C(O)c1ccc2c(c1)CCC(=O)N2)N1CCC(O)(c2ccc(F)cc2)CC1. The van der Waals surface area contributed by atoms with Gasteiger partial charge >= 0.3 is 0 Å². The van der Waals surface area contributed by atoms with E-state index in [-0.39, 0.29) is 17.8 Å². The zero-order valence-electron chi connectivity index (χ0n) is 16.6. The third-order valence-electron chi connectivity index (χ3n) is 6.41. The fraction of sp³-hybridized carbons (Fsp3) is 0.435. The van der Waals surface area contributed by atoms with Crippen LogP contribution in [0.4, 0.5) is 10.1 Å². The lowest BCUT2D eigenvalue weighted by Crippen LogP contribution is -2.47. The number of benzene rings is 2. The van der Waals surface area contributed by atoms with Crippen LogP contribution in [0, 0.1) is 5.82 Å². The maximum absolute atomic E-state index is 13.2. The van der Waals surface area contributed by atoms with Crippen molar-refractivity contribution >= 4 is 11.6 Å². The largest absolute Gasteiger partial charge is 0.387 e. The topological polar surface area (TPSA) is 72.8 Å². The molecule has 2 aromatic rings. The van der Waals surface area contributed by atoms with Gasteiger partial charge in [-0.2, -0.15) is 0 Å². The molecule has 2 atom stereocenters. The smallest absolute Gasteiger partial charge is 0.224 e. The molecular weight excluding hydrogens is 371 g/mol. The van der Waals surface area contributed by atoms with Gasteiger partial charge in [-0.05, 0) is 61.1 Å². The van der Waals surface area contributed by atoms with Crippen LogP contribution in [0.15, 0.2) is 42.5 Å². The van der Waals surface area contributed by atoms with Crippen molar-refractivity contribution in [1.82, 2.24) is 4.90 Å². The van der Waals surface area contributed by atoms with E-state index in [2.05, 4.69) is 10.2 Å². The van der Waals surface area contributed by atoms with Crippen LogP contribution in [-0.4, -0.2) is 40.2 Å². The summed E-state index contributed by atoms with van der Waals surface area (Å²) in [6.45, 7) is 3.29. The highest BCUT2D eigenvalue weighted by atomic mass is 19.1. The minimum absolute atomic E-state index is 0.0288. The molecular formula is C23H27FN2O3. The summed E-state index contributed by atoms with van der Waals surface area (Å²) in [7, 11) is 0. The van der Waals surface area contributed by atoms with E-state index in [0.717, 1.165) is 22.4 Å². The number of aliphatic hydroxyl groups is 2. The molecule has 5 nitrogen and oxygen atoms in total. The first kappa shape index (κ1) is 20.0. The van der Waals surface area contributed by atoms with Crippen LogP contribution in [0.5, 0.6) is 0 Å². The summed E-state index contributed by atoms with van der Waals surface area (Å²) in [4.78, 5) is 13.7. The standard InChI is InChI=1S/C23H27FN2O3/c1-15(22(28)17-2-8-20-16(14-17)3-9-21(27)25-20)26-12-10-23(29,11-13-26)18-4-6-19(24)7-5-18/h2,4-8,14-15,22,28-29H,3,9-13H2,1H3,(H,25,27). The van der Waals surface area contributed by atoms with Gasteiger partial charge in [0.15, 0.2) is 0 Å². The molecule has 154 valence electrons. The highest BCUT2D eigenvalue weighted by Crippen LogP contribution is 2.35. The Hall–Kier alpha value is -2.28. The van der Waals surface area contributed by atoms with Crippen molar-refractivity contribution in [3.63, 3.8) is 0 Å². The number of rotatable bonds is 4. The number of nitrogens with zero attached hydrogens (tertiary/aromatic N) is 1. The first-order valence-electron chi connectivity index (χ1n) is 10.2. The van der Waals surface area contributed by atoms with E-state index in [1.54, 1.807) is 12.1 Å². The Bertz CT molecular complexity index is 891. The molecule has 0 radical (unpaired) electrons. The van der Waals surface area contributed by atoms with E-state index in [4.69, 9.17) is 0 Å². The normalized spacial score (nSPS) is 21.2. The number of carbonyl (C=O) groups is 1. The maximum atomic E-state index is 13.2. The molecule has 2 aliphatic rings. The molecule has 0 aliphatic carbocycles. The van der Waals surface area contributed by atoms with Gasteiger partial charge in [-0.3, -0.25) is 9.69 Å². The second-order valence-corrected chi connectivity index (χ2v) is 8.22. The number of anilines is 1. The number of carbonyl (C=O) groups excluding carboxylic acids is 1. The molecule has 0 saturated carbocycles. The number of halogens is 1. The average Bonchev–Trinajstić information content (AvgIpc) is 2.73. The van der Waals surface area contributed by atoms with Crippen LogP contribution in [0.25, 0.3) is 0 Å². The Morgan fingerprint density at radius 1 is 1.10 bits per heavy atom. The number of amides is 1. The van der Waals surface area contributed by atoms with Gasteiger partial charge in [0.2, 0.25) is 5.91 Å². The molecule has 3 N–H and O–H groups in total. The summed E-state index contributed by atoms with van der Waals surface area (Å²) in [6, 6.07) is 11.7. The van der Waals surface area contributed by atoms with E-state index in [1.807, 2.05) is 25.1 Å². The molecule has 29 heavy (non-hydrogen) atoms. The summed E-state index contributed by atoms with van der Waals surface area (Å²) in [6.07, 6.45) is 1.56. The van der Waals surface area contributed by atoms with Crippen LogP contribution < -0.4 is 5.32 Å². The fourth-order valence-corrected chi connectivity index (χ4v) is 4.42. The van der Waals surface area contributed by atoms with Crippen molar-refractivity contribution in [2.75, 3.05) is 18.4 Å². The van der Waals surface area contributed by atoms with Gasteiger partial charge in [0.05, 0.1) is 11.7 Å². The summed E-state index contributed by atoms with van der Waals surface area (Å²) in [5.74, 6) is -0.280. The van der Waals surface area contributed by atoms with Gasteiger partial charge in [-0.25, -0.2) is 4.39 Å². The predicted octanol–water partition coefficient (Wildman–Crippen LogP) is 3.12. The van der Waals surface area contributed by atoms with Gasteiger partial charge in [0.1, 0.15) is 5.82 Å². The third kappa shape index (κ3) is 4.06. The monoisotopic (exact) mass is 398 g/mol. The van der Waals surface area contributed by atoms with Gasteiger partial charge in [-0.1, -0.05) is 24.3 Å². The first-order chi connectivity index (χ1) is 13.9. The average molecular weight is 398 g/mol. The molecule has 1 saturated heterocycles. The van der Waals surface area contributed by atoms with Crippen molar-refractivity contribution < 1.29 is 19.4 Å². The zero-order chi connectivity index (χ0) is 20.6. The fourth-order valence-electron chi connectivity index (χ4n) is 4.42. The lowest BCUT2D eigenvalue weighted by atomic mass is 9.83. The minimum atomic E-state index is -0.959. The number of hydrogen-bond acceptors (Lipinski definition) is 4. The molecule has 2 heterocycles. The Morgan fingerprint density at radius 2 is 1.79 bits per heavy atom. The summed E-state index contributed by atoms with van der Waals surface area (Å²) in [5.41, 5.74) is 2.50. The molecule has 2 aromatic carbocycles. The number of aliphatic hydroxyl groups excluding tert-OH is 1. The van der Waals surface area contributed by atoms with Crippen molar-refractivity contribution in [1.29, 1.82) is 0 Å². The van der Waals surface area contributed by atoms with Gasteiger partial charge < -0.3 is 15.5 Å². The van der Waals surface area contributed by atoms with Gasteiger partial charge in [0.25, 0.3) is 0 Å². The molecule has 1 amide bonds. The highest BCUT2D eigenvalue weighted by molar-refractivity contribution is 5.93. The van der Waals surface area contributed by atoms with Crippen LogP contribution >= 0.6 is 0 Å². The molecule has 1 fully saturated rings. The minimum Gasteiger partial charge on any atom is -0.387 e. The summed E-state index contributed by atoms with van der Waals surface area (Å²) < 4.78 is 13.2. The highest BCUT2D eigenvalue weighted by Gasteiger charge is 2.36. The Morgan fingerprint density at radius 3 is 2.48 bits per heavy atom. The second kappa shape index (κ2) is 7.86. The van der Waals surface area contributed by atoms with Crippen LogP contribution in [0.3, 0.4) is 0 Å². The number of likely N-dealkylation sites (tertiary alicyclic amines) is 1. The third-order valence-corrected chi connectivity index (χ3v) is 6.41. The number of piperidine rings is 1.